The second kappa shape index (κ2) is 9.97. The van der Waals surface area contributed by atoms with Crippen molar-refractivity contribution in [3.8, 4) is 0 Å². The number of fused-ring (bicyclic) bond motifs is 1. The van der Waals surface area contributed by atoms with Gasteiger partial charge in [-0.3, -0.25) is 14.4 Å². The Hall–Kier alpha value is -2.19. The topological polar surface area (TPSA) is 90.4 Å². The van der Waals surface area contributed by atoms with Crippen molar-refractivity contribution >= 4 is 17.7 Å². The zero-order valence-corrected chi connectivity index (χ0v) is 20.4. The summed E-state index contributed by atoms with van der Waals surface area (Å²) in [5.74, 6) is -1.99. The highest BCUT2D eigenvalue weighted by Crippen LogP contribution is 2.59. The molecule has 3 saturated heterocycles. The number of aliphatic hydroxyl groups is 1. The third kappa shape index (κ3) is 4.01. The second-order valence-corrected chi connectivity index (χ2v) is 9.76. The van der Waals surface area contributed by atoms with Gasteiger partial charge in [0, 0.05) is 26.2 Å². The predicted molar refractivity (Wildman–Crippen MR) is 125 cm³/mol. The fourth-order valence-electron chi connectivity index (χ4n) is 6.11. The highest BCUT2D eigenvalue weighted by atomic mass is 16.5. The number of amides is 3. The summed E-state index contributed by atoms with van der Waals surface area (Å²) in [7, 11) is 1.69. The highest BCUT2D eigenvalue weighted by Gasteiger charge is 2.75. The van der Waals surface area contributed by atoms with Crippen LogP contribution >= 0.6 is 0 Å². The molecule has 3 aliphatic rings. The number of hydrogen-bond acceptors (Lipinski definition) is 5. The van der Waals surface area contributed by atoms with Crippen LogP contribution in [0.1, 0.15) is 46.5 Å². The van der Waals surface area contributed by atoms with Gasteiger partial charge in [0.25, 0.3) is 0 Å². The molecule has 0 aromatic carbocycles. The van der Waals surface area contributed by atoms with Gasteiger partial charge < -0.3 is 24.5 Å². The van der Waals surface area contributed by atoms with Crippen molar-refractivity contribution < 1.29 is 24.2 Å². The van der Waals surface area contributed by atoms with Gasteiger partial charge in [-0.2, -0.15) is 0 Å². The molecule has 2 bridgehead atoms. The molecule has 3 unspecified atom stereocenters. The maximum Gasteiger partial charge on any atom is 0.248 e. The average Bonchev–Trinajstić information content (AvgIpc) is 3.43. The minimum absolute atomic E-state index is 0.0351. The van der Waals surface area contributed by atoms with Crippen LogP contribution in [0.15, 0.2) is 25.3 Å². The van der Waals surface area contributed by atoms with Gasteiger partial charge in [0.05, 0.1) is 30.6 Å². The van der Waals surface area contributed by atoms with E-state index in [0.717, 1.165) is 12.8 Å². The van der Waals surface area contributed by atoms with Crippen molar-refractivity contribution in [3.05, 3.63) is 25.3 Å². The normalized spacial score (nSPS) is 31.8. The first-order valence-corrected chi connectivity index (χ1v) is 12.1. The molecule has 0 radical (unpaired) electrons. The molecule has 3 amide bonds. The Morgan fingerprint density at radius 3 is 2.52 bits per heavy atom. The van der Waals surface area contributed by atoms with Gasteiger partial charge in [0.15, 0.2) is 0 Å². The van der Waals surface area contributed by atoms with Crippen molar-refractivity contribution in [1.29, 1.82) is 0 Å². The van der Waals surface area contributed by atoms with Crippen LogP contribution in [0.25, 0.3) is 0 Å². The average molecular weight is 462 g/mol. The lowest BCUT2D eigenvalue weighted by molar-refractivity contribution is -0.152. The standard InChI is InChI=1S/C25H39N3O5/c1-7-10-16(4)27(14-9-3)24(32)21-25-12-11-18(33-25)19(22(30)26(6)13-8-2)20(25)23(31)28(21)17(5)15-29/h8-9,16-21,29H,2-3,7,10-15H2,1,4-6H3/t16?,17-,18+,19-,20+,21?,25?/m1/s1. The Labute approximate surface area is 197 Å². The third-order valence-corrected chi connectivity index (χ3v) is 7.62. The van der Waals surface area contributed by atoms with Crippen LogP contribution < -0.4 is 0 Å². The Morgan fingerprint density at radius 1 is 1.27 bits per heavy atom. The van der Waals surface area contributed by atoms with E-state index in [1.807, 2.05) is 6.92 Å². The summed E-state index contributed by atoms with van der Waals surface area (Å²) < 4.78 is 6.45. The molecular weight excluding hydrogens is 422 g/mol. The van der Waals surface area contributed by atoms with E-state index >= 15 is 0 Å². The number of ether oxygens (including phenoxy) is 1. The fraction of sp³-hybridized carbons (Fsp3) is 0.720. The highest BCUT2D eigenvalue weighted by molar-refractivity contribution is 5.99. The van der Waals surface area contributed by atoms with E-state index in [4.69, 9.17) is 4.74 Å². The molecule has 33 heavy (non-hydrogen) atoms. The van der Waals surface area contributed by atoms with Crippen LogP contribution in [0, 0.1) is 11.8 Å². The molecule has 184 valence electrons. The van der Waals surface area contributed by atoms with Crippen LogP contribution in [0.3, 0.4) is 0 Å². The lowest BCUT2D eigenvalue weighted by Crippen LogP contribution is -2.59. The Kier molecular flexibility index (Phi) is 7.69. The Morgan fingerprint density at radius 2 is 1.94 bits per heavy atom. The minimum atomic E-state index is -1.05. The Balaban J connectivity index is 2.05. The monoisotopic (exact) mass is 461 g/mol. The van der Waals surface area contributed by atoms with Crippen molar-refractivity contribution in [2.24, 2.45) is 11.8 Å². The van der Waals surface area contributed by atoms with Gasteiger partial charge in [0.2, 0.25) is 17.7 Å². The van der Waals surface area contributed by atoms with Crippen LogP contribution in [0.4, 0.5) is 0 Å². The maximum atomic E-state index is 14.1. The number of nitrogens with zero attached hydrogens (tertiary/aromatic N) is 3. The first kappa shape index (κ1) is 25.4. The van der Waals surface area contributed by atoms with E-state index < -0.39 is 29.5 Å². The van der Waals surface area contributed by atoms with Gasteiger partial charge in [-0.1, -0.05) is 25.5 Å². The summed E-state index contributed by atoms with van der Waals surface area (Å²) in [6.07, 6.45) is 5.86. The van der Waals surface area contributed by atoms with E-state index in [1.165, 1.54) is 4.90 Å². The summed E-state index contributed by atoms with van der Waals surface area (Å²) in [5.41, 5.74) is -1.05. The molecule has 0 aromatic heterocycles. The molecule has 3 fully saturated rings. The van der Waals surface area contributed by atoms with Crippen molar-refractivity contribution in [2.45, 2.75) is 76.3 Å². The number of carbonyl (C=O) groups is 3. The number of rotatable bonds is 11. The quantitative estimate of drug-likeness (QED) is 0.472. The summed E-state index contributed by atoms with van der Waals surface area (Å²) in [6.45, 7) is 13.8. The second-order valence-electron chi connectivity index (χ2n) is 9.76. The van der Waals surface area contributed by atoms with E-state index in [0.29, 0.717) is 25.9 Å². The van der Waals surface area contributed by atoms with Crippen LogP contribution in [0.5, 0.6) is 0 Å². The molecule has 8 nitrogen and oxygen atoms in total. The summed E-state index contributed by atoms with van der Waals surface area (Å²) >= 11 is 0. The molecule has 3 aliphatic heterocycles. The van der Waals surface area contributed by atoms with Crippen molar-refractivity contribution in [3.63, 3.8) is 0 Å². The minimum Gasteiger partial charge on any atom is -0.394 e. The lowest BCUT2D eigenvalue weighted by atomic mass is 9.70. The SMILES string of the molecule is C=CCN(C)C(=O)[C@@H]1[C@@H]2CCC3(O2)C(C(=O)N(CC=C)C(C)CCC)N([C@H](C)CO)C(=O)[C@H]13. The fourth-order valence-corrected chi connectivity index (χ4v) is 6.11. The lowest BCUT2D eigenvalue weighted by Gasteiger charge is -2.40. The third-order valence-electron chi connectivity index (χ3n) is 7.62. The van der Waals surface area contributed by atoms with E-state index in [9.17, 15) is 19.5 Å². The van der Waals surface area contributed by atoms with Gasteiger partial charge in [-0.15, -0.1) is 13.2 Å². The number of hydrogen-bond donors (Lipinski definition) is 1. The van der Waals surface area contributed by atoms with Crippen LogP contribution in [-0.4, -0.2) is 94.1 Å². The van der Waals surface area contributed by atoms with Crippen molar-refractivity contribution in [1.82, 2.24) is 14.7 Å². The first-order chi connectivity index (χ1) is 15.7. The Bertz CT molecular complexity index is 801. The van der Waals surface area contributed by atoms with Gasteiger partial charge in [0.1, 0.15) is 11.6 Å². The van der Waals surface area contributed by atoms with Gasteiger partial charge in [-0.25, -0.2) is 0 Å². The van der Waals surface area contributed by atoms with Crippen LogP contribution in [0.2, 0.25) is 0 Å². The number of likely N-dealkylation sites (N-methyl/N-ethyl adjacent to an activating group) is 1. The van der Waals surface area contributed by atoms with Crippen LogP contribution in [-0.2, 0) is 19.1 Å². The molecule has 0 aliphatic carbocycles. The molecule has 3 heterocycles. The molecule has 0 aromatic rings. The molecule has 7 atom stereocenters. The maximum absolute atomic E-state index is 14.1. The number of aliphatic hydroxyl groups excluding tert-OH is 1. The first-order valence-electron chi connectivity index (χ1n) is 12.1. The molecule has 1 N–H and O–H groups in total. The number of likely N-dealkylation sites (tertiary alicyclic amines) is 1. The smallest absolute Gasteiger partial charge is 0.248 e. The summed E-state index contributed by atoms with van der Waals surface area (Å²) in [4.78, 5) is 46.0. The molecule has 8 heteroatoms. The van der Waals surface area contributed by atoms with E-state index in [1.54, 1.807) is 35.9 Å². The zero-order valence-electron chi connectivity index (χ0n) is 20.4. The zero-order chi connectivity index (χ0) is 24.5. The van der Waals surface area contributed by atoms with Crippen molar-refractivity contribution in [2.75, 3.05) is 26.7 Å². The molecule has 3 rings (SSSR count). The van der Waals surface area contributed by atoms with E-state index in [-0.39, 0.29) is 36.5 Å². The number of carbonyl (C=O) groups excluding carboxylic acids is 3. The van der Waals surface area contributed by atoms with Gasteiger partial charge >= 0.3 is 0 Å². The summed E-state index contributed by atoms with van der Waals surface area (Å²) in [6, 6.07) is -1.47. The predicted octanol–water partition coefficient (Wildman–Crippen LogP) is 1.59. The molecule has 0 saturated carbocycles. The largest absolute Gasteiger partial charge is 0.394 e. The molecular formula is C25H39N3O5. The molecule has 1 spiro atoms. The van der Waals surface area contributed by atoms with Gasteiger partial charge in [-0.05, 0) is 33.1 Å². The summed E-state index contributed by atoms with van der Waals surface area (Å²) in [5, 5.41) is 9.95. The van der Waals surface area contributed by atoms with E-state index in [2.05, 4.69) is 20.1 Å².